The van der Waals surface area contributed by atoms with E-state index < -0.39 is 24.7 Å². The van der Waals surface area contributed by atoms with Crippen LogP contribution >= 0.6 is 0 Å². The highest BCUT2D eigenvalue weighted by Crippen LogP contribution is 2.39. The summed E-state index contributed by atoms with van der Waals surface area (Å²) in [7, 11) is -1.62. The summed E-state index contributed by atoms with van der Waals surface area (Å²) in [5.41, 5.74) is 12.8. The molecule has 0 spiro atoms. The zero-order valence-corrected chi connectivity index (χ0v) is 18.1. The van der Waals surface area contributed by atoms with Crippen molar-refractivity contribution in [1.29, 1.82) is 0 Å². The average molecular weight is 465 g/mol. The van der Waals surface area contributed by atoms with E-state index in [9.17, 15) is 24.0 Å². The largest absolute Gasteiger partial charge is 0.488 e. The second kappa shape index (κ2) is 9.04. The second-order valence-corrected chi connectivity index (χ2v) is 7.86. The molecule has 7 N–H and O–H groups in total. The third-order valence-electron chi connectivity index (χ3n) is 5.42. The molecule has 2 aromatic carbocycles. The van der Waals surface area contributed by atoms with Gasteiger partial charge in [-0.25, -0.2) is 4.39 Å². The van der Waals surface area contributed by atoms with E-state index in [0.29, 0.717) is 28.7 Å². The number of fused-ring (bicyclic) bond motifs is 1. The SMILES string of the molecule is CC1Cc2c(C(N)=O)cc(F)cc2N1c1nc(NCc2cccc(B(O)O)c2)nc(C(N)=O)n1. The van der Waals surface area contributed by atoms with Crippen molar-refractivity contribution in [2.75, 3.05) is 10.2 Å². The third kappa shape index (κ3) is 4.51. The lowest BCUT2D eigenvalue weighted by molar-refractivity contribution is 0.0985. The molecule has 0 saturated carbocycles. The van der Waals surface area contributed by atoms with Gasteiger partial charge in [0.2, 0.25) is 23.6 Å². The minimum absolute atomic E-state index is 0.0286. The van der Waals surface area contributed by atoms with Crippen molar-refractivity contribution < 1.29 is 24.0 Å². The first kappa shape index (κ1) is 23.1. The molecule has 1 aliphatic rings. The molecule has 0 fully saturated rings. The molecule has 2 amide bonds. The predicted molar refractivity (Wildman–Crippen MR) is 122 cm³/mol. The number of hydrogen-bond donors (Lipinski definition) is 5. The number of nitrogens with two attached hydrogens (primary N) is 2. The van der Waals surface area contributed by atoms with Gasteiger partial charge in [-0.2, -0.15) is 15.0 Å². The number of benzene rings is 2. The molecule has 1 aromatic heterocycles. The molecule has 174 valence electrons. The Labute approximate surface area is 193 Å². The van der Waals surface area contributed by atoms with Crippen molar-refractivity contribution in [2.24, 2.45) is 11.5 Å². The fourth-order valence-electron chi connectivity index (χ4n) is 3.91. The first-order valence-corrected chi connectivity index (χ1v) is 10.3. The number of carbonyl (C=O) groups excluding carboxylic acids is 2. The number of halogens is 1. The van der Waals surface area contributed by atoms with Crippen molar-refractivity contribution in [2.45, 2.75) is 25.9 Å². The number of primary amides is 2. The summed E-state index contributed by atoms with van der Waals surface area (Å²) in [6, 6.07) is 8.61. The van der Waals surface area contributed by atoms with E-state index in [2.05, 4.69) is 20.3 Å². The average Bonchev–Trinajstić information content (AvgIpc) is 3.12. The van der Waals surface area contributed by atoms with Crippen molar-refractivity contribution >= 4 is 42.0 Å². The Balaban J connectivity index is 1.71. The maximum absolute atomic E-state index is 14.3. The van der Waals surface area contributed by atoms with E-state index in [4.69, 9.17) is 11.5 Å². The van der Waals surface area contributed by atoms with Crippen LogP contribution in [0.1, 0.15) is 39.0 Å². The minimum Gasteiger partial charge on any atom is -0.423 e. The lowest BCUT2D eigenvalue weighted by Gasteiger charge is -2.23. The lowest BCUT2D eigenvalue weighted by atomic mass is 9.80. The number of nitrogens with one attached hydrogen (secondary N) is 1. The molecule has 3 aromatic rings. The third-order valence-corrected chi connectivity index (χ3v) is 5.42. The fraction of sp³-hybridized carbons (Fsp3) is 0.190. The fourth-order valence-corrected chi connectivity index (χ4v) is 3.91. The second-order valence-electron chi connectivity index (χ2n) is 7.86. The molecule has 0 radical (unpaired) electrons. The van der Waals surface area contributed by atoms with Crippen LogP contribution in [0.25, 0.3) is 0 Å². The van der Waals surface area contributed by atoms with Crippen molar-refractivity contribution in [3.63, 3.8) is 0 Å². The number of anilines is 3. The van der Waals surface area contributed by atoms with Gasteiger partial charge in [0, 0.05) is 18.2 Å². The van der Waals surface area contributed by atoms with Crippen LogP contribution < -0.4 is 27.1 Å². The number of hydrogen-bond acceptors (Lipinski definition) is 9. The topological polar surface area (TPSA) is 181 Å². The van der Waals surface area contributed by atoms with Gasteiger partial charge in [-0.1, -0.05) is 24.3 Å². The van der Waals surface area contributed by atoms with E-state index in [-0.39, 0.29) is 35.9 Å². The zero-order chi connectivity index (χ0) is 24.6. The van der Waals surface area contributed by atoms with E-state index in [1.165, 1.54) is 6.07 Å². The molecule has 0 saturated heterocycles. The van der Waals surface area contributed by atoms with E-state index in [0.717, 1.165) is 6.07 Å². The number of rotatable bonds is 7. The zero-order valence-electron chi connectivity index (χ0n) is 18.1. The number of aromatic nitrogens is 3. The maximum Gasteiger partial charge on any atom is 0.488 e. The monoisotopic (exact) mass is 465 g/mol. The van der Waals surface area contributed by atoms with Crippen LogP contribution in [0.3, 0.4) is 0 Å². The molecule has 34 heavy (non-hydrogen) atoms. The standard InChI is InChI=1S/C21H21BFN7O4/c1-10-5-14-15(17(24)31)7-13(23)8-16(14)30(10)21-28-19(18(25)32)27-20(29-21)26-9-11-3-2-4-12(6-11)22(33)34/h2-4,6-8,10,33-34H,5,9H2,1H3,(H2,24,31)(H2,25,32)(H,26,27,28,29). The van der Waals surface area contributed by atoms with Crippen LogP contribution in [0.2, 0.25) is 0 Å². The first-order valence-electron chi connectivity index (χ1n) is 10.3. The molecule has 4 rings (SSSR count). The van der Waals surface area contributed by atoms with Gasteiger partial charge in [0.15, 0.2) is 0 Å². The van der Waals surface area contributed by atoms with Gasteiger partial charge in [-0.3, -0.25) is 9.59 Å². The van der Waals surface area contributed by atoms with E-state index in [1.54, 1.807) is 29.2 Å². The van der Waals surface area contributed by atoms with E-state index >= 15 is 0 Å². The van der Waals surface area contributed by atoms with Gasteiger partial charge in [0.25, 0.3) is 5.91 Å². The molecule has 13 heteroatoms. The van der Waals surface area contributed by atoms with Crippen LogP contribution in [-0.2, 0) is 13.0 Å². The summed E-state index contributed by atoms with van der Waals surface area (Å²) in [4.78, 5) is 37.9. The Morgan fingerprint density at radius 1 is 1.18 bits per heavy atom. The molecule has 0 bridgehead atoms. The van der Waals surface area contributed by atoms with Gasteiger partial charge in [0.05, 0.1) is 5.69 Å². The van der Waals surface area contributed by atoms with Gasteiger partial charge < -0.3 is 31.7 Å². The highest BCUT2D eigenvalue weighted by Gasteiger charge is 2.33. The molecule has 1 aliphatic heterocycles. The Bertz CT molecular complexity index is 1290. The Morgan fingerprint density at radius 2 is 1.94 bits per heavy atom. The number of carbonyl (C=O) groups is 2. The Kier molecular flexibility index (Phi) is 6.13. The Morgan fingerprint density at radius 3 is 2.62 bits per heavy atom. The van der Waals surface area contributed by atoms with Crippen molar-refractivity contribution in [3.8, 4) is 0 Å². The summed E-state index contributed by atoms with van der Waals surface area (Å²) >= 11 is 0. The van der Waals surface area contributed by atoms with Crippen LogP contribution in [0, 0.1) is 5.82 Å². The van der Waals surface area contributed by atoms with Gasteiger partial charge in [-0.05, 0) is 42.1 Å². The van der Waals surface area contributed by atoms with Gasteiger partial charge in [-0.15, -0.1) is 0 Å². The summed E-state index contributed by atoms with van der Waals surface area (Å²) < 4.78 is 14.3. The van der Waals surface area contributed by atoms with Crippen LogP contribution in [0.4, 0.5) is 22.0 Å². The van der Waals surface area contributed by atoms with Gasteiger partial charge >= 0.3 is 7.12 Å². The van der Waals surface area contributed by atoms with Crippen molar-refractivity contribution in [1.82, 2.24) is 15.0 Å². The summed E-state index contributed by atoms with van der Waals surface area (Å²) in [6.07, 6.45) is 0.379. The van der Waals surface area contributed by atoms with Crippen LogP contribution in [-0.4, -0.2) is 50.0 Å². The highest BCUT2D eigenvalue weighted by atomic mass is 19.1. The van der Waals surface area contributed by atoms with Crippen molar-refractivity contribution in [3.05, 3.63) is 64.7 Å². The maximum atomic E-state index is 14.3. The number of nitrogens with zero attached hydrogens (tertiary/aromatic N) is 4. The Hall–Kier alpha value is -4.10. The quantitative estimate of drug-likeness (QED) is 0.290. The van der Waals surface area contributed by atoms with Crippen LogP contribution in [0.5, 0.6) is 0 Å². The summed E-state index contributed by atoms with van der Waals surface area (Å²) in [6.45, 7) is 2.02. The first-order chi connectivity index (χ1) is 16.1. The summed E-state index contributed by atoms with van der Waals surface area (Å²) in [5.74, 6) is -2.53. The molecule has 1 unspecified atom stereocenters. The predicted octanol–water partition coefficient (Wildman–Crippen LogP) is -0.417. The normalized spacial score (nSPS) is 14.6. The highest BCUT2D eigenvalue weighted by molar-refractivity contribution is 6.58. The van der Waals surface area contributed by atoms with E-state index in [1.807, 2.05) is 6.92 Å². The molecule has 0 aliphatic carbocycles. The lowest BCUT2D eigenvalue weighted by Crippen LogP contribution is -2.30. The van der Waals surface area contributed by atoms with Crippen LogP contribution in [0.15, 0.2) is 36.4 Å². The number of amides is 2. The van der Waals surface area contributed by atoms with Gasteiger partial charge in [0.1, 0.15) is 5.82 Å². The molecule has 1 atom stereocenters. The molecule has 2 heterocycles. The minimum atomic E-state index is -1.62. The molecular weight excluding hydrogens is 444 g/mol. The molecule has 11 nitrogen and oxygen atoms in total. The molecular formula is C21H21BFN7O4. The summed E-state index contributed by atoms with van der Waals surface area (Å²) in [5, 5.41) is 21.7. The smallest absolute Gasteiger partial charge is 0.423 e.